The number of aromatic hydroxyl groups is 1. The zero-order chi connectivity index (χ0) is 21.8. The highest BCUT2D eigenvalue weighted by molar-refractivity contribution is 7.91. The summed E-state index contributed by atoms with van der Waals surface area (Å²) < 4.78 is 31.5. The normalized spacial score (nSPS) is 10.9. The molecule has 0 heterocycles. The summed E-state index contributed by atoms with van der Waals surface area (Å²) in [5.41, 5.74) is 2.63. The molecule has 0 saturated heterocycles. The molecule has 0 radical (unpaired) electrons. The molecular weight excluding hydrogens is 408 g/mol. The molecule has 0 fully saturated rings. The summed E-state index contributed by atoms with van der Waals surface area (Å²) in [6.45, 7) is 0. The first kappa shape index (κ1) is 20.3. The number of terminal acetylenes is 1. The van der Waals surface area contributed by atoms with Gasteiger partial charge in [0.25, 0.3) is 0 Å². The summed E-state index contributed by atoms with van der Waals surface area (Å²) in [5, 5.41) is 9.38. The molecule has 4 rings (SSSR count). The van der Waals surface area contributed by atoms with Crippen LogP contribution in [0.5, 0.6) is 17.2 Å². The topological polar surface area (TPSA) is 63.6 Å². The fourth-order valence-corrected chi connectivity index (χ4v) is 4.38. The molecule has 0 aliphatic carbocycles. The van der Waals surface area contributed by atoms with Gasteiger partial charge < -0.3 is 9.84 Å². The van der Waals surface area contributed by atoms with Crippen molar-refractivity contribution in [3.8, 4) is 40.7 Å². The van der Waals surface area contributed by atoms with Crippen molar-refractivity contribution in [2.45, 2.75) is 9.79 Å². The third-order valence-electron chi connectivity index (χ3n) is 4.70. The fourth-order valence-electron chi connectivity index (χ4n) is 3.12. The number of rotatable bonds is 5. The van der Waals surface area contributed by atoms with Crippen molar-refractivity contribution in [1.29, 1.82) is 0 Å². The van der Waals surface area contributed by atoms with Crippen LogP contribution >= 0.6 is 0 Å². The van der Waals surface area contributed by atoms with Gasteiger partial charge in [-0.15, -0.1) is 6.42 Å². The van der Waals surface area contributed by atoms with E-state index < -0.39 is 9.84 Å². The summed E-state index contributed by atoms with van der Waals surface area (Å²) >= 11 is 0. The largest absolute Gasteiger partial charge is 0.508 e. The summed E-state index contributed by atoms with van der Waals surface area (Å²) in [6.07, 6.45) is 5.60. The Labute approximate surface area is 181 Å². The van der Waals surface area contributed by atoms with Crippen molar-refractivity contribution in [2.75, 3.05) is 0 Å². The maximum atomic E-state index is 12.8. The highest BCUT2D eigenvalue weighted by Gasteiger charge is 2.17. The molecular formula is C26H18O4S. The van der Waals surface area contributed by atoms with Crippen LogP contribution in [0.25, 0.3) is 11.1 Å². The van der Waals surface area contributed by atoms with Gasteiger partial charge in [0.15, 0.2) is 0 Å². The smallest absolute Gasteiger partial charge is 0.206 e. The van der Waals surface area contributed by atoms with E-state index in [2.05, 4.69) is 5.92 Å². The molecule has 31 heavy (non-hydrogen) atoms. The monoisotopic (exact) mass is 426 g/mol. The first-order chi connectivity index (χ1) is 15.0. The van der Waals surface area contributed by atoms with Gasteiger partial charge in [0.05, 0.1) is 9.79 Å². The predicted octanol–water partition coefficient (Wildman–Crippen LogP) is 5.67. The Bertz CT molecular complexity index is 1350. The van der Waals surface area contributed by atoms with Crippen molar-refractivity contribution in [3.05, 3.63) is 103 Å². The second-order valence-electron chi connectivity index (χ2n) is 6.83. The van der Waals surface area contributed by atoms with Crippen LogP contribution < -0.4 is 4.74 Å². The molecule has 5 heteroatoms. The van der Waals surface area contributed by atoms with E-state index in [4.69, 9.17) is 11.2 Å². The lowest BCUT2D eigenvalue weighted by molar-refractivity contribution is 0.475. The van der Waals surface area contributed by atoms with Crippen LogP contribution in [0.15, 0.2) is 107 Å². The SMILES string of the molecule is C#Cc1cc(Oc2ccc(S(=O)(=O)c3ccc(O)cc3)cc2)cc(-c2ccccc2)c1. The molecule has 0 aliphatic rings. The average Bonchev–Trinajstić information content (AvgIpc) is 2.80. The molecule has 0 atom stereocenters. The minimum atomic E-state index is -3.69. The van der Waals surface area contributed by atoms with E-state index in [1.165, 1.54) is 36.4 Å². The molecule has 1 N–H and O–H groups in total. The van der Waals surface area contributed by atoms with Crippen molar-refractivity contribution >= 4 is 9.84 Å². The molecule has 152 valence electrons. The summed E-state index contributed by atoms with van der Waals surface area (Å²) in [4.78, 5) is 0.237. The number of sulfone groups is 1. The van der Waals surface area contributed by atoms with Crippen LogP contribution in [0.4, 0.5) is 0 Å². The van der Waals surface area contributed by atoms with Gasteiger partial charge in [-0.3, -0.25) is 0 Å². The first-order valence-electron chi connectivity index (χ1n) is 9.45. The number of benzene rings is 4. The zero-order valence-electron chi connectivity index (χ0n) is 16.4. The minimum Gasteiger partial charge on any atom is -0.508 e. The quantitative estimate of drug-likeness (QED) is 0.418. The van der Waals surface area contributed by atoms with E-state index >= 15 is 0 Å². The second-order valence-corrected chi connectivity index (χ2v) is 8.78. The molecule has 4 aromatic carbocycles. The lowest BCUT2D eigenvalue weighted by atomic mass is 10.0. The van der Waals surface area contributed by atoms with Crippen molar-refractivity contribution in [2.24, 2.45) is 0 Å². The van der Waals surface area contributed by atoms with E-state index in [1.54, 1.807) is 18.2 Å². The Kier molecular flexibility index (Phi) is 5.48. The summed E-state index contributed by atoms with van der Waals surface area (Å²) in [6, 6.07) is 27.0. The molecule has 0 bridgehead atoms. The molecule has 0 aliphatic heterocycles. The summed E-state index contributed by atoms with van der Waals surface area (Å²) in [7, 11) is -3.69. The molecule has 4 aromatic rings. The predicted molar refractivity (Wildman–Crippen MR) is 120 cm³/mol. The van der Waals surface area contributed by atoms with E-state index in [9.17, 15) is 13.5 Å². The van der Waals surface area contributed by atoms with Crippen LogP contribution in [0.2, 0.25) is 0 Å². The van der Waals surface area contributed by atoms with E-state index in [0.29, 0.717) is 17.1 Å². The third-order valence-corrected chi connectivity index (χ3v) is 6.48. The van der Waals surface area contributed by atoms with Gasteiger partial charge >= 0.3 is 0 Å². The minimum absolute atomic E-state index is 0.00627. The molecule has 0 amide bonds. The first-order valence-corrected chi connectivity index (χ1v) is 10.9. The number of phenols is 1. The molecule has 0 unspecified atom stereocenters. The Morgan fingerprint density at radius 1 is 0.710 bits per heavy atom. The van der Waals surface area contributed by atoms with Crippen LogP contribution in [-0.4, -0.2) is 13.5 Å². The van der Waals surface area contributed by atoms with Gasteiger partial charge in [-0.05, 0) is 77.9 Å². The highest BCUT2D eigenvalue weighted by atomic mass is 32.2. The van der Waals surface area contributed by atoms with Crippen LogP contribution in [0.1, 0.15) is 5.56 Å². The van der Waals surface area contributed by atoms with Crippen molar-refractivity contribution in [1.82, 2.24) is 0 Å². The van der Waals surface area contributed by atoms with Crippen molar-refractivity contribution in [3.63, 3.8) is 0 Å². The standard InChI is InChI=1S/C26H18O4S/c1-2-19-16-21(20-6-4-3-5-7-20)18-24(17-19)30-23-10-14-26(15-11-23)31(28,29)25-12-8-22(27)9-13-25/h1,3-18,27H. The fraction of sp³-hybridized carbons (Fsp3) is 0. The zero-order valence-corrected chi connectivity index (χ0v) is 17.2. The van der Waals surface area contributed by atoms with Crippen LogP contribution in [0, 0.1) is 12.3 Å². The third kappa shape index (κ3) is 4.45. The van der Waals surface area contributed by atoms with Gasteiger partial charge in [0, 0.05) is 5.56 Å². The Hall–Kier alpha value is -4.01. The van der Waals surface area contributed by atoms with Gasteiger partial charge in [-0.2, -0.15) is 0 Å². The highest BCUT2D eigenvalue weighted by Crippen LogP contribution is 2.30. The second kappa shape index (κ2) is 8.39. The van der Waals surface area contributed by atoms with Crippen molar-refractivity contribution < 1.29 is 18.3 Å². The van der Waals surface area contributed by atoms with Gasteiger partial charge in [-0.1, -0.05) is 36.3 Å². The Balaban J connectivity index is 1.61. The number of hydrogen-bond acceptors (Lipinski definition) is 4. The molecule has 4 nitrogen and oxygen atoms in total. The lowest BCUT2D eigenvalue weighted by Gasteiger charge is -2.10. The maximum Gasteiger partial charge on any atom is 0.206 e. The van der Waals surface area contributed by atoms with Gasteiger partial charge in [0.2, 0.25) is 9.84 Å². The van der Waals surface area contributed by atoms with E-state index in [-0.39, 0.29) is 15.5 Å². The van der Waals surface area contributed by atoms with Crippen LogP contribution in [-0.2, 0) is 9.84 Å². The lowest BCUT2D eigenvalue weighted by Crippen LogP contribution is -2.01. The molecule has 0 spiro atoms. The molecule has 0 saturated carbocycles. The Morgan fingerprint density at radius 2 is 1.32 bits per heavy atom. The summed E-state index contributed by atoms with van der Waals surface area (Å²) in [5.74, 6) is 3.69. The average molecular weight is 426 g/mol. The number of hydrogen-bond donors (Lipinski definition) is 1. The molecule has 0 aromatic heterocycles. The van der Waals surface area contributed by atoms with E-state index in [1.807, 2.05) is 42.5 Å². The number of phenolic OH excluding ortho intramolecular Hbond substituents is 1. The van der Waals surface area contributed by atoms with Gasteiger partial charge in [0.1, 0.15) is 17.2 Å². The maximum absolute atomic E-state index is 12.8. The number of ether oxygens (including phenoxy) is 1. The van der Waals surface area contributed by atoms with Gasteiger partial charge in [-0.25, -0.2) is 8.42 Å². The Morgan fingerprint density at radius 3 is 1.94 bits per heavy atom. The van der Waals surface area contributed by atoms with E-state index in [0.717, 1.165) is 11.1 Å². The van der Waals surface area contributed by atoms with Crippen LogP contribution in [0.3, 0.4) is 0 Å².